The maximum absolute atomic E-state index is 13.4. The Balaban J connectivity index is 2.81. The highest BCUT2D eigenvalue weighted by Crippen LogP contribution is 2.16. The predicted molar refractivity (Wildman–Crippen MR) is 55.2 cm³/mol. The Hall–Kier alpha value is -1.75. The van der Waals surface area contributed by atoms with Gasteiger partial charge in [-0.1, -0.05) is 0 Å². The van der Waals surface area contributed by atoms with Gasteiger partial charge in [0.2, 0.25) is 0 Å². The fraction of sp³-hybridized carbons (Fsp3) is 0.182. The summed E-state index contributed by atoms with van der Waals surface area (Å²) >= 11 is 0. The van der Waals surface area contributed by atoms with Gasteiger partial charge in [-0.25, -0.2) is 8.78 Å². The standard InChI is InChI=1S/C11H9F2NO2/c1-16-5-6-4-9(15)10-7(12)2-3-8(13)11(10)14-6/h2-4H,5H2,1H3,(H,14,15). The lowest BCUT2D eigenvalue weighted by molar-refractivity contribution is 0.181. The van der Waals surface area contributed by atoms with E-state index >= 15 is 0 Å². The first-order valence-corrected chi connectivity index (χ1v) is 4.62. The average Bonchev–Trinajstić information content (AvgIpc) is 2.23. The van der Waals surface area contributed by atoms with Crippen molar-refractivity contribution in [1.29, 1.82) is 0 Å². The van der Waals surface area contributed by atoms with Gasteiger partial charge in [0.25, 0.3) is 0 Å². The molecule has 0 spiro atoms. The van der Waals surface area contributed by atoms with Gasteiger partial charge in [0.1, 0.15) is 11.6 Å². The van der Waals surface area contributed by atoms with E-state index in [1.54, 1.807) is 0 Å². The second-order valence-electron chi connectivity index (χ2n) is 3.37. The molecule has 5 heteroatoms. The zero-order chi connectivity index (χ0) is 11.7. The minimum Gasteiger partial charge on any atom is -0.378 e. The van der Waals surface area contributed by atoms with Gasteiger partial charge in [-0.15, -0.1) is 0 Å². The van der Waals surface area contributed by atoms with Gasteiger partial charge in [-0.2, -0.15) is 0 Å². The van der Waals surface area contributed by atoms with Gasteiger partial charge in [-0.05, 0) is 12.1 Å². The maximum Gasteiger partial charge on any atom is 0.192 e. The number of H-pyrrole nitrogens is 1. The smallest absolute Gasteiger partial charge is 0.192 e. The molecule has 2 rings (SSSR count). The number of methoxy groups -OCH3 is 1. The van der Waals surface area contributed by atoms with Gasteiger partial charge in [0.15, 0.2) is 5.43 Å². The molecule has 1 aromatic carbocycles. The molecule has 2 aromatic rings. The molecule has 1 heterocycles. The number of fused-ring (bicyclic) bond motifs is 1. The molecule has 0 saturated heterocycles. The Morgan fingerprint density at radius 1 is 1.31 bits per heavy atom. The number of nitrogens with one attached hydrogen (secondary N) is 1. The van der Waals surface area contributed by atoms with E-state index in [9.17, 15) is 13.6 Å². The van der Waals surface area contributed by atoms with Crippen molar-refractivity contribution in [3.63, 3.8) is 0 Å². The lowest BCUT2D eigenvalue weighted by atomic mass is 10.2. The van der Waals surface area contributed by atoms with Gasteiger partial charge < -0.3 is 9.72 Å². The number of pyridine rings is 1. The molecule has 0 unspecified atom stereocenters. The van der Waals surface area contributed by atoms with E-state index in [0.29, 0.717) is 5.69 Å². The Morgan fingerprint density at radius 3 is 2.69 bits per heavy atom. The highest BCUT2D eigenvalue weighted by Gasteiger charge is 2.10. The molecule has 84 valence electrons. The van der Waals surface area contributed by atoms with E-state index in [0.717, 1.165) is 12.1 Å². The molecular weight excluding hydrogens is 216 g/mol. The van der Waals surface area contributed by atoms with E-state index in [-0.39, 0.29) is 17.5 Å². The van der Waals surface area contributed by atoms with Crippen LogP contribution >= 0.6 is 0 Å². The van der Waals surface area contributed by atoms with Crippen LogP contribution in [-0.4, -0.2) is 12.1 Å². The Morgan fingerprint density at radius 2 is 2.00 bits per heavy atom. The van der Waals surface area contributed by atoms with Crippen molar-refractivity contribution in [1.82, 2.24) is 4.98 Å². The van der Waals surface area contributed by atoms with Crippen LogP contribution in [0.3, 0.4) is 0 Å². The zero-order valence-corrected chi connectivity index (χ0v) is 8.51. The molecule has 0 aliphatic carbocycles. The van der Waals surface area contributed by atoms with Crippen molar-refractivity contribution in [2.75, 3.05) is 7.11 Å². The third kappa shape index (κ3) is 1.69. The van der Waals surface area contributed by atoms with Gasteiger partial charge in [0, 0.05) is 18.9 Å². The number of hydrogen-bond donors (Lipinski definition) is 1. The van der Waals surface area contributed by atoms with Gasteiger partial charge >= 0.3 is 0 Å². The van der Waals surface area contributed by atoms with Crippen LogP contribution in [-0.2, 0) is 11.3 Å². The molecule has 0 radical (unpaired) electrons. The first kappa shape index (κ1) is 10.8. The van der Waals surface area contributed by atoms with Crippen LogP contribution < -0.4 is 5.43 Å². The summed E-state index contributed by atoms with van der Waals surface area (Å²) < 4.78 is 31.5. The molecule has 0 fully saturated rings. The first-order valence-electron chi connectivity index (χ1n) is 4.62. The second-order valence-corrected chi connectivity index (χ2v) is 3.37. The summed E-state index contributed by atoms with van der Waals surface area (Å²) in [5.41, 5.74) is -0.276. The molecule has 16 heavy (non-hydrogen) atoms. The summed E-state index contributed by atoms with van der Waals surface area (Å²) in [6.45, 7) is 0.140. The molecule has 0 bridgehead atoms. The minimum atomic E-state index is -0.735. The van der Waals surface area contributed by atoms with E-state index in [4.69, 9.17) is 4.74 Å². The molecule has 0 aliphatic rings. The van der Waals surface area contributed by atoms with Crippen LogP contribution in [0.15, 0.2) is 23.0 Å². The quantitative estimate of drug-likeness (QED) is 0.848. The molecule has 0 aliphatic heterocycles. The SMILES string of the molecule is COCc1cc(=O)c2c(F)ccc(F)c2[nH]1. The average molecular weight is 225 g/mol. The second kappa shape index (κ2) is 4.02. The number of hydrogen-bond acceptors (Lipinski definition) is 2. The third-order valence-corrected chi connectivity index (χ3v) is 2.24. The van der Waals surface area contributed by atoms with Crippen LogP contribution in [0.5, 0.6) is 0 Å². The molecule has 0 saturated carbocycles. The monoisotopic (exact) mass is 225 g/mol. The summed E-state index contributed by atoms with van der Waals surface area (Å²) in [5.74, 6) is -1.40. The zero-order valence-electron chi connectivity index (χ0n) is 8.51. The molecule has 1 N–H and O–H groups in total. The summed E-state index contributed by atoms with van der Waals surface area (Å²) in [6.07, 6.45) is 0. The van der Waals surface area contributed by atoms with Crippen molar-refractivity contribution < 1.29 is 13.5 Å². The van der Waals surface area contributed by atoms with Crippen LogP contribution in [0, 0.1) is 11.6 Å². The molecule has 3 nitrogen and oxygen atoms in total. The highest BCUT2D eigenvalue weighted by molar-refractivity contribution is 5.79. The Bertz CT molecular complexity index is 592. The van der Waals surface area contributed by atoms with Crippen LogP contribution in [0.1, 0.15) is 5.69 Å². The number of aromatic nitrogens is 1. The van der Waals surface area contributed by atoms with Gasteiger partial charge in [-0.3, -0.25) is 4.79 Å². The summed E-state index contributed by atoms with van der Waals surface area (Å²) in [6, 6.07) is 3.11. The first-order chi connectivity index (χ1) is 7.63. The molecule has 1 aromatic heterocycles. The maximum atomic E-state index is 13.4. The fourth-order valence-corrected chi connectivity index (χ4v) is 1.58. The highest BCUT2D eigenvalue weighted by atomic mass is 19.1. The van der Waals surface area contributed by atoms with Crippen molar-refractivity contribution >= 4 is 10.9 Å². The Labute approximate surface area is 89.7 Å². The normalized spacial score (nSPS) is 10.9. The summed E-state index contributed by atoms with van der Waals surface area (Å²) in [7, 11) is 1.45. The summed E-state index contributed by atoms with van der Waals surface area (Å²) in [5, 5.41) is -0.264. The molecular formula is C11H9F2NO2. The van der Waals surface area contributed by atoms with Gasteiger partial charge in [0.05, 0.1) is 17.5 Å². The largest absolute Gasteiger partial charge is 0.378 e. The number of halogens is 2. The summed E-state index contributed by atoms with van der Waals surface area (Å²) in [4.78, 5) is 14.2. The number of ether oxygens (including phenoxy) is 1. The van der Waals surface area contributed by atoms with E-state index in [1.807, 2.05) is 0 Å². The van der Waals surface area contributed by atoms with Crippen molar-refractivity contribution in [3.8, 4) is 0 Å². The molecule has 0 atom stereocenters. The lowest BCUT2D eigenvalue weighted by Crippen LogP contribution is -2.08. The predicted octanol–water partition coefficient (Wildman–Crippen LogP) is 1.95. The third-order valence-electron chi connectivity index (χ3n) is 2.24. The fourth-order valence-electron chi connectivity index (χ4n) is 1.58. The number of benzene rings is 1. The number of rotatable bonds is 2. The van der Waals surface area contributed by atoms with Crippen molar-refractivity contribution in [2.24, 2.45) is 0 Å². The lowest BCUT2D eigenvalue weighted by Gasteiger charge is -2.04. The van der Waals surface area contributed by atoms with Crippen LogP contribution in [0.2, 0.25) is 0 Å². The van der Waals surface area contributed by atoms with E-state index in [2.05, 4.69) is 4.98 Å². The van der Waals surface area contributed by atoms with Crippen LogP contribution in [0.4, 0.5) is 8.78 Å². The topological polar surface area (TPSA) is 42.1 Å². The minimum absolute atomic E-state index is 0.125. The van der Waals surface area contributed by atoms with E-state index < -0.39 is 17.1 Å². The van der Waals surface area contributed by atoms with Crippen molar-refractivity contribution in [2.45, 2.75) is 6.61 Å². The van der Waals surface area contributed by atoms with Crippen LogP contribution in [0.25, 0.3) is 10.9 Å². The Kier molecular flexibility index (Phi) is 2.70. The van der Waals surface area contributed by atoms with Crippen molar-refractivity contribution in [3.05, 3.63) is 45.8 Å². The van der Waals surface area contributed by atoms with E-state index in [1.165, 1.54) is 13.2 Å². The number of aromatic amines is 1. The molecule has 0 amide bonds.